The maximum absolute atomic E-state index is 13.6. The van der Waals surface area contributed by atoms with Gasteiger partial charge < -0.3 is 5.73 Å². The van der Waals surface area contributed by atoms with Gasteiger partial charge in [-0.2, -0.15) is 0 Å². The second-order valence-corrected chi connectivity index (χ2v) is 5.17. The summed E-state index contributed by atoms with van der Waals surface area (Å²) < 4.78 is 14.5. The van der Waals surface area contributed by atoms with E-state index in [2.05, 4.69) is 20.9 Å². The number of rotatable bonds is 3. The largest absolute Gasteiger partial charge is 0.322 e. The fraction of sp³-hybridized carbons (Fsp3) is 0.214. The number of nitrogens with two attached hydrogens (primary N) is 1. The summed E-state index contributed by atoms with van der Waals surface area (Å²) in [6.07, 6.45) is 2.14. The molecule has 94 valence electrons. The molecule has 0 saturated heterocycles. The predicted octanol–water partition coefficient (Wildman–Crippen LogP) is 3.53. The van der Waals surface area contributed by atoms with Crippen LogP contribution in [0.15, 0.2) is 41.0 Å². The number of nitrogens with zero attached hydrogens (tertiary/aromatic N) is 1. The number of pyridine rings is 1. The highest BCUT2D eigenvalue weighted by Gasteiger charge is 2.13. The molecule has 0 radical (unpaired) electrons. The highest BCUT2D eigenvalue weighted by atomic mass is 79.9. The molecule has 0 amide bonds. The fourth-order valence-electron chi connectivity index (χ4n) is 1.92. The molecule has 1 aromatic carbocycles. The Morgan fingerprint density at radius 1 is 1.39 bits per heavy atom. The predicted molar refractivity (Wildman–Crippen MR) is 73.7 cm³/mol. The Hall–Kier alpha value is -1.26. The summed E-state index contributed by atoms with van der Waals surface area (Å²) in [6.45, 7) is 1.96. The normalized spacial score (nSPS) is 12.4. The first kappa shape index (κ1) is 13.2. The topological polar surface area (TPSA) is 38.9 Å². The average Bonchev–Trinajstić information content (AvgIpc) is 2.34. The van der Waals surface area contributed by atoms with Gasteiger partial charge in [0.25, 0.3) is 0 Å². The van der Waals surface area contributed by atoms with E-state index in [-0.39, 0.29) is 11.9 Å². The van der Waals surface area contributed by atoms with Crippen LogP contribution in [0.5, 0.6) is 0 Å². The summed E-state index contributed by atoms with van der Waals surface area (Å²) in [4.78, 5) is 4.27. The van der Waals surface area contributed by atoms with Gasteiger partial charge in [-0.1, -0.05) is 22.0 Å². The first-order valence-electron chi connectivity index (χ1n) is 5.69. The van der Waals surface area contributed by atoms with E-state index in [1.165, 1.54) is 6.07 Å². The zero-order valence-electron chi connectivity index (χ0n) is 10.0. The lowest BCUT2D eigenvalue weighted by Gasteiger charge is -2.14. The van der Waals surface area contributed by atoms with E-state index in [0.717, 1.165) is 15.7 Å². The molecule has 1 aromatic heterocycles. The summed E-state index contributed by atoms with van der Waals surface area (Å²) in [5.74, 6) is -0.234. The molecule has 0 aliphatic rings. The third kappa shape index (κ3) is 2.94. The van der Waals surface area contributed by atoms with Gasteiger partial charge >= 0.3 is 0 Å². The Balaban J connectivity index is 2.24. The van der Waals surface area contributed by atoms with Gasteiger partial charge in [0.15, 0.2) is 0 Å². The van der Waals surface area contributed by atoms with Crippen LogP contribution in [0.3, 0.4) is 0 Å². The van der Waals surface area contributed by atoms with Crippen molar-refractivity contribution in [2.75, 3.05) is 0 Å². The van der Waals surface area contributed by atoms with Crippen LogP contribution in [0.1, 0.15) is 22.9 Å². The third-order valence-electron chi connectivity index (χ3n) is 2.85. The van der Waals surface area contributed by atoms with E-state index in [4.69, 9.17) is 5.73 Å². The van der Waals surface area contributed by atoms with Gasteiger partial charge in [-0.25, -0.2) is 4.39 Å². The molecule has 2 aromatic rings. The minimum atomic E-state index is -0.296. The number of benzene rings is 1. The van der Waals surface area contributed by atoms with Crippen molar-refractivity contribution in [1.29, 1.82) is 0 Å². The van der Waals surface area contributed by atoms with E-state index >= 15 is 0 Å². The van der Waals surface area contributed by atoms with Crippen molar-refractivity contribution in [3.63, 3.8) is 0 Å². The molecule has 2 N–H and O–H groups in total. The van der Waals surface area contributed by atoms with E-state index in [9.17, 15) is 4.39 Å². The van der Waals surface area contributed by atoms with Crippen LogP contribution in [0.2, 0.25) is 0 Å². The number of hydrogen-bond donors (Lipinski definition) is 1. The molecular weight excluding hydrogens is 295 g/mol. The summed E-state index contributed by atoms with van der Waals surface area (Å²) in [7, 11) is 0. The molecule has 0 spiro atoms. The quantitative estimate of drug-likeness (QED) is 0.942. The van der Waals surface area contributed by atoms with Crippen LogP contribution >= 0.6 is 15.9 Å². The number of aromatic nitrogens is 1. The van der Waals surface area contributed by atoms with E-state index < -0.39 is 0 Å². The fourth-order valence-corrected chi connectivity index (χ4v) is 2.33. The second kappa shape index (κ2) is 5.59. The Morgan fingerprint density at radius 2 is 2.17 bits per heavy atom. The molecule has 1 atom stereocenters. The lowest BCUT2D eigenvalue weighted by Crippen LogP contribution is -2.17. The first-order valence-corrected chi connectivity index (χ1v) is 6.48. The molecule has 0 aliphatic carbocycles. The van der Waals surface area contributed by atoms with Crippen molar-refractivity contribution in [2.24, 2.45) is 5.73 Å². The Kier molecular flexibility index (Phi) is 4.09. The van der Waals surface area contributed by atoms with Gasteiger partial charge in [0.2, 0.25) is 0 Å². The summed E-state index contributed by atoms with van der Waals surface area (Å²) in [5, 5.41) is 0. The van der Waals surface area contributed by atoms with Crippen molar-refractivity contribution >= 4 is 15.9 Å². The molecule has 1 heterocycles. The number of halogens is 2. The molecule has 18 heavy (non-hydrogen) atoms. The minimum absolute atomic E-state index is 0.234. The minimum Gasteiger partial charge on any atom is -0.322 e. The van der Waals surface area contributed by atoms with Crippen LogP contribution in [0, 0.1) is 12.7 Å². The molecular formula is C14H14BrFN2. The van der Waals surface area contributed by atoms with E-state index in [1.54, 1.807) is 18.3 Å². The van der Waals surface area contributed by atoms with Gasteiger partial charge in [-0.15, -0.1) is 0 Å². The zero-order chi connectivity index (χ0) is 13.1. The SMILES string of the molecule is Cc1cccnc1C(N)Cc1cc(Br)ccc1F. The van der Waals surface area contributed by atoms with Crippen molar-refractivity contribution in [2.45, 2.75) is 19.4 Å². The van der Waals surface area contributed by atoms with Gasteiger partial charge in [-0.3, -0.25) is 4.98 Å². The summed E-state index contributed by atoms with van der Waals surface area (Å²) in [6, 6.07) is 8.40. The Labute approximate surface area is 114 Å². The van der Waals surface area contributed by atoms with Crippen LogP contribution in [-0.2, 0) is 6.42 Å². The lowest BCUT2D eigenvalue weighted by molar-refractivity contribution is 0.588. The second-order valence-electron chi connectivity index (χ2n) is 4.25. The van der Waals surface area contributed by atoms with Crippen LogP contribution in [-0.4, -0.2) is 4.98 Å². The molecule has 2 rings (SSSR count). The number of hydrogen-bond acceptors (Lipinski definition) is 2. The maximum Gasteiger partial charge on any atom is 0.126 e. The maximum atomic E-state index is 13.6. The first-order chi connectivity index (χ1) is 8.58. The summed E-state index contributed by atoms with van der Waals surface area (Å²) >= 11 is 3.33. The molecule has 0 fully saturated rings. The smallest absolute Gasteiger partial charge is 0.126 e. The van der Waals surface area contributed by atoms with Gasteiger partial charge in [-0.05, 0) is 48.7 Å². The monoisotopic (exact) mass is 308 g/mol. The highest BCUT2D eigenvalue weighted by Crippen LogP contribution is 2.21. The zero-order valence-corrected chi connectivity index (χ0v) is 11.6. The van der Waals surface area contributed by atoms with Crippen LogP contribution < -0.4 is 5.73 Å². The molecule has 0 bridgehead atoms. The van der Waals surface area contributed by atoms with Gasteiger partial charge in [0, 0.05) is 10.7 Å². The third-order valence-corrected chi connectivity index (χ3v) is 3.34. The molecule has 4 heteroatoms. The molecule has 2 nitrogen and oxygen atoms in total. The lowest BCUT2D eigenvalue weighted by atomic mass is 10.0. The molecule has 0 aliphatic heterocycles. The van der Waals surface area contributed by atoms with E-state index in [0.29, 0.717) is 12.0 Å². The molecule has 0 saturated carbocycles. The highest BCUT2D eigenvalue weighted by molar-refractivity contribution is 9.10. The van der Waals surface area contributed by atoms with Crippen molar-refractivity contribution in [3.8, 4) is 0 Å². The number of aryl methyl sites for hydroxylation is 1. The standard InChI is InChI=1S/C14H14BrFN2/c1-9-3-2-6-18-14(9)13(17)8-10-7-11(15)4-5-12(10)16/h2-7,13H,8,17H2,1H3. The van der Waals surface area contributed by atoms with Crippen LogP contribution in [0.4, 0.5) is 4.39 Å². The Morgan fingerprint density at radius 3 is 2.89 bits per heavy atom. The van der Waals surface area contributed by atoms with E-state index in [1.807, 2.05) is 19.1 Å². The Bertz CT molecular complexity index is 557. The van der Waals surface area contributed by atoms with Crippen LogP contribution in [0.25, 0.3) is 0 Å². The van der Waals surface area contributed by atoms with Crippen molar-refractivity contribution < 1.29 is 4.39 Å². The van der Waals surface area contributed by atoms with Crippen molar-refractivity contribution in [3.05, 3.63) is 63.6 Å². The van der Waals surface area contributed by atoms with Crippen molar-refractivity contribution in [1.82, 2.24) is 4.98 Å². The molecule has 1 unspecified atom stereocenters. The average molecular weight is 309 g/mol. The van der Waals surface area contributed by atoms with Gasteiger partial charge in [0.1, 0.15) is 5.82 Å². The summed E-state index contributed by atoms with van der Waals surface area (Å²) in [5.41, 5.74) is 8.55. The van der Waals surface area contributed by atoms with Gasteiger partial charge in [0.05, 0.1) is 11.7 Å².